The number of hydrogen-bond donors (Lipinski definition) is 2. The Kier molecular flexibility index (Phi) is 6.30. The molecule has 0 aliphatic rings. The van der Waals surface area contributed by atoms with Crippen LogP contribution >= 0.6 is 11.8 Å². The van der Waals surface area contributed by atoms with Gasteiger partial charge in [-0.15, -0.1) is 0 Å². The van der Waals surface area contributed by atoms with Crippen LogP contribution in [-0.2, 0) is 5.75 Å². The predicted octanol–water partition coefficient (Wildman–Crippen LogP) is 2.48. The van der Waals surface area contributed by atoms with Crippen molar-refractivity contribution < 1.29 is 23.1 Å². The molecule has 1 aromatic rings. The highest BCUT2D eigenvalue weighted by Gasteiger charge is 2.15. The van der Waals surface area contributed by atoms with Crippen LogP contribution in [0.25, 0.3) is 0 Å². The molecule has 0 spiro atoms. The molecule has 0 aliphatic carbocycles. The van der Waals surface area contributed by atoms with Gasteiger partial charge in [-0.3, -0.25) is 4.79 Å². The molecule has 0 saturated heterocycles. The summed E-state index contributed by atoms with van der Waals surface area (Å²) < 4.78 is 29.1. The summed E-state index contributed by atoms with van der Waals surface area (Å²) >= 11 is 0.433. The second-order valence-corrected chi connectivity index (χ2v) is 5.34. The van der Waals surface area contributed by atoms with Gasteiger partial charge in [-0.2, -0.15) is 8.78 Å². The van der Waals surface area contributed by atoms with Crippen molar-refractivity contribution in [1.82, 2.24) is 5.32 Å². The van der Waals surface area contributed by atoms with Crippen molar-refractivity contribution in [3.8, 4) is 0 Å². The van der Waals surface area contributed by atoms with Crippen LogP contribution < -0.4 is 5.32 Å². The minimum atomic E-state index is -2.47. The van der Waals surface area contributed by atoms with E-state index in [-0.39, 0.29) is 24.0 Å². The van der Waals surface area contributed by atoms with Crippen LogP contribution in [0, 0.1) is 5.92 Å². The average Bonchev–Trinajstić information content (AvgIpc) is 2.81. The summed E-state index contributed by atoms with van der Waals surface area (Å²) in [7, 11) is 0. The molecule has 1 amide bonds. The summed E-state index contributed by atoms with van der Waals surface area (Å²) in [6.07, 6.45) is -0.632. The number of carbonyl (C=O) groups is 1. The van der Waals surface area contributed by atoms with Crippen LogP contribution in [0.4, 0.5) is 8.78 Å². The molecular weight excluding hydrogens is 276 g/mol. The second-order valence-electron chi connectivity index (χ2n) is 4.36. The van der Waals surface area contributed by atoms with Gasteiger partial charge in [0.15, 0.2) is 5.76 Å². The van der Waals surface area contributed by atoms with Gasteiger partial charge < -0.3 is 14.8 Å². The number of aliphatic hydroxyl groups excluding tert-OH is 1. The maximum Gasteiger partial charge on any atom is 0.287 e. The van der Waals surface area contributed by atoms with Crippen LogP contribution in [0.2, 0.25) is 0 Å². The first kappa shape index (κ1) is 16.0. The van der Waals surface area contributed by atoms with Crippen molar-refractivity contribution >= 4 is 17.7 Å². The molecule has 7 heteroatoms. The van der Waals surface area contributed by atoms with Crippen molar-refractivity contribution in [3.63, 3.8) is 0 Å². The lowest BCUT2D eigenvalue weighted by Gasteiger charge is -2.14. The van der Waals surface area contributed by atoms with E-state index in [1.807, 2.05) is 13.8 Å². The quantitative estimate of drug-likeness (QED) is 0.810. The Bertz CT molecular complexity index is 409. The molecule has 19 heavy (non-hydrogen) atoms. The van der Waals surface area contributed by atoms with Crippen LogP contribution in [0.1, 0.15) is 30.2 Å². The topological polar surface area (TPSA) is 62.5 Å². The van der Waals surface area contributed by atoms with Gasteiger partial charge in [0.05, 0.1) is 11.9 Å². The fourth-order valence-electron chi connectivity index (χ4n) is 1.24. The summed E-state index contributed by atoms with van der Waals surface area (Å²) in [6.45, 7) is 3.80. The summed E-state index contributed by atoms with van der Waals surface area (Å²) in [5.74, 6) is -2.51. The van der Waals surface area contributed by atoms with E-state index >= 15 is 0 Å². The van der Waals surface area contributed by atoms with Crippen LogP contribution in [-0.4, -0.2) is 29.4 Å². The van der Waals surface area contributed by atoms with E-state index in [0.717, 1.165) is 0 Å². The lowest BCUT2D eigenvalue weighted by Crippen LogP contribution is -2.34. The highest BCUT2D eigenvalue weighted by molar-refractivity contribution is 7.98. The zero-order valence-electron chi connectivity index (χ0n) is 10.7. The maximum absolute atomic E-state index is 12.0. The van der Waals surface area contributed by atoms with E-state index in [2.05, 4.69) is 5.32 Å². The molecule has 0 fully saturated rings. The zero-order chi connectivity index (χ0) is 14.4. The molecule has 0 saturated carbocycles. The van der Waals surface area contributed by atoms with E-state index in [9.17, 15) is 18.7 Å². The van der Waals surface area contributed by atoms with E-state index in [4.69, 9.17) is 4.42 Å². The minimum Gasteiger partial charge on any atom is -0.455 e. The van der Waals surface area contributed by atoms with Crippen molar-refractivity contribution in [3.05, 3.63) is 23.7 Å². The van der Waals surface area contributed by atoms with Crippen molar-refractivity contribution in [2.75, 3.05) is 6.54 Å². The molecule has 1 aromatic heterocycles. The van der Waals surface area contributed by atoms with Gasteiger partial charge in [0, 0.05) is 6.54 Å². The van der Waals surface area contributed by atoms with Crippen LogP contribution in [0.3, 0.4) is 0 Å². The number of thioether (sulfide) groups is 1. The summed E-state index contributed by atoms with van der Waals surface area (Å²) in [6, 6.07) is 2.92. The first-order valence-electron chi connectivity index (χ1n) is 5.85. The third kappa shape index (κ3) is 5.61. The Morgan fingerprint density at radius 1 is 1.47 bits per heavy atom. The monoisotopic (exact) mass is 293 g/mol. The number of rotatable bonds is 7. The fraction of sp³-hybridized carbons (Fsp3) is 0.583. The van der Waals surface area contributed by atoms with Gasteiger partial charge in [-0.05, 0) is 18.1 Å². The van der Waals surface area contributed by atoms with Gasteiger partial charge >= 0.3 is 0 Å². The second kappa shape index (κ2) is 7.49. The molecule has 2 N–H and O–H groups in total. The lowest BCUT2D eigenvalue weighted by atomic mass is 10.1. The summed E-state index contributed by atoms with van der Waals surface area (Å²) in [4.78, 5) is 11.7. The third-order valence-electron chi connectivity index (χ3n) is 2.48. The number of furan rings is 1. The largest absolute Gasteiger partial charge is 0.455 e. The molecule has 4 nitrogen and oxygen atoms in total. The molecule has 1 atom stereocenters. The molecule has 0 radical (unpaired) electrons. The van der Waals surface area contributed by atoms with Gasteiger partial charge in [-0.25, -0.2) is 0 Å². The number of aliphatic hydroxyl groups is 1. The van der Waals surface area contributed by atoms with E-state index in [0.29, 0.717) is 17.5 Å². The Hall–Kier alpha value is -1.08. The number of hydrogen-bond acceptors (Lipinski definition) is 4. The van der Waals surface area contributed by atoms with Crippen LogP contribution in [0.15, 0.2) is 16.5 Å². The summed E-state index contributed by atoms with van der Waals surface area (Å²) in [5.41, 5.74) is 0. The summed E-state index contributed by atoms with van der Waals surface area (Å²) in [5, 5.41) is 12.1. The van der Waals surface area contributed by atoms with Gasteiger partial charge in [0.2, 0.25) is 0 Å². The number of amides is 1. The Morgan fingerprint density at radius 2 is 2.16 bits per heavy atom. The first-order valence-corrected chi connectivity index (χ1v) is 6.89. The van der Waals surface area contributed by atoms with Crippen molar-refractivity contribution in [2.45, 2.75) is 31.5 Å². The van der Waals surface area contributed by atoms with E-state index in [1.54, 1.807) is 0 Å². The SMILES string of the molecule is CC(C)C(O)CNC(=O)c1ccc(CSC(F)F)o1. The van der Waals surface area contributed by atoms with E-state index in [1.165, 1.54) is 12.1 Å². The number of nitrogens with one attached hydrogen (secondary N) is 1. The molecule has 1 unspecified atom stereocenters. The molecule has 1 heterocycles. The Morgan fingerprint density at radius 3 is 2.74 bits per heavy atom. The average molecular weight is 293 g/mol. The lowest BCUT2D eigenvalue weighted by molar-refractivity contribution is 0.0845. The Balaban J connectivity index is 2.45. The molecule has 108 valence electrons. The number of alkyl halides is 2. The fourth-order valence-corrected chi connectivity index (χ4v) is 1.69. The zero-order valence-corrected chi connectivity index (χ0v) is 11.5. The number of carbonyl (C=O) groups excluding carboxylic acids is 1. The minimum absolute atomic E-state index is 0.0135. The maximum atomic E-state index is 12.0. The highest BCUT2D eigenvalue weighted by Crippen LogP contribution is 2.21. The highest BCUT2D eigenvalue weighted by atomic mass is 32.2. The molecule has 0 aliphatic heterocycles. The molecule has 0 aromatic carbocycles. The predicted molar refractivity (Wildman–Crippen MR) is 69.2 cm³/mol. The van der Waals surface area contributed by atoms with Gasteiger partial charge in [0.1, 0.15) is 5.76 Å². The Labute approximate surface area is 114 Å². The normalized spacial score (nSPS) is 13.0. The van der Waals surface area contributed by atoms with Crippen molar-refractivity contribution in [1.29, 1.82) is 0 Å². The molecule has 0 bridgehead atoms. The molecular formula is C12H17F2NO3S. The molecule has 1 rings (SSSR count). The van der Waals surface area contributed by atoms with Gasteiger partial charge in [-0.1, -0.05) is 25.6 Å². The smallest absolute Gasteiger partial charge is 0.287 e. The van der Waals surface area contributed by atoms with Crippen LogP contribution in [0.5, 0.6) is 0 Å². The number of halogens is 2. The van der Waals surface area contributed by atoms with Crippen molar-refractivity contribution in [2.24, 2.45) is 5.92 Å². The standard InChI is InChI=1S/C12H17F2NO3S/c1-7(2)9(16)5-15-11(17)10-4-3-8(18-10)6-19-12(13)14/h3-4,7,9,12,16H,5-6H2,1-2H3,(H,15,17). The van der Waals surface area contributed by atoms with Gasteiger partial charge in [0.25, 0.3) is 11.7 Å². The first-order chi connectivity index (χ1) is 8.90. The third-order valence-corrected chi connectivity index (χ3v) is 3.18. The van der Waals surface area contributed by atoms with E-state index < -0.39 is 17.8 Å².